The first-order valence-corrected chi connectivity index (χ1v) is 13.6. The molecule has 222 valence electrons. The average molecular weight is 570 g/mol. The van der Waals surface area contributed by atoms with Crippen molar-refractivity contribution < 1.29 is 38.6 Å². The monoisotopic (exact) mass is 569 g/mol. The van der Waals surface area contributed by atoms with Crippen LogP contribution in [0.3, 0.4) is 0 Å². The van der Waals surface area contributed by atoms with Gasteiger partial charge in [-0.2, -0.15) is 0 Å². The van der Waals surface area contributed by atoms with Crippen molar-refractivity contribution in [2.45, 2.75) is 66.0 Å². The molecule has 11 nitrogen and oxygen atoms in total. The number of hydrogen-bond acceptors (Lipinski definition) is 8. The molecule has 0 fully saturated rings. The molecular weight excluding hydrogens is 530 g/mol. The quantitative estimate of drug-likeness (QED) is 0.216. The number of ketones is 2. The molecule has 3 N–H and O–H groups in total. The Hall–Kier alpha value is -4.15. The minimum atomic E-state index is -1.31. The Labute approximate surface area is 239 Å². The maximum Gasteiger partial charge on any atom is 0.325 e. The molecular formula is C30H39N3O8. The zero-order valence-corrected chi connectivity index (χ0v) is 24.3. The normalized spacial score (nSPS) is 14.1. The third kappa shape index (κ3) is 9.47. The standard InChI is InChI=1S/C30H39N3O8/c1-16(2)20(28(37)31-18(5)30(39)40)14-26(35)24(15-27(36)41-6)33-29(38)21(17(3)4)13-25(34)23-12-11-19-9-7-8-10-22(19)32-23/h7-12,16-18,20-21,24H,13-15H2,1-6H3,(H,31,37)(H,33,38)(H,39,40)/t18-,20-,21-,24-/m0/s1. The van der Waals surface area contributed by atoms with Crippen LogP contribution in [-0.2, 0) is 28.7 Å². The molecule has 1 heterocycles. The number of rotatable bonds is 15. The number of carboxylic acid groups (broad SMARTS) is 1. The van der Waals surface area contributed by atoms with E-state index in [-0.39, 0.29) is 36.2 Å². The number of esters is 1. The molecule has 0 aliphatic heterocycles. The molecule has 0 aliphatic rings. The van der Waals surface area contributed by atoms with E-state index in [0.717, 1.165) is 12.5 Å². The minimum absolute atomic E-state index is 0.169. The Balaban J connectivity index is 2.22. The highest BCUT2D eigenvalue weighted by molar-refractivity contribution is 6.00. The lowest BCUT2D eigenvalue weighted by Crippen LogP contribution is -2.48. The van der Waals surface area contributed by atoms with Crippen LogP contribution in [0.15, 0.2) is 36.4 Å². The number of ether oxygens (including phenoxy) is 1. The van der Waals surface area contributed by atoms with E-state index in [1.165, 1.54) is 6.92 Å². The van der Waals surface area contributed by atoms with Gasteiger partial charge in [-0.25, -0.2) is 4.98 Å². The number of carbonyl (C=O) groups excluding carboxylic acids is 5. The fourth-order valence-corrected chi connectivity index (χ4v) is 4.30. The summed E-state index contributed by atoms with van der Waals surface area (Å²) in [5.41, 5.74) is 0.861. The van der Waals surface area contributed by atoms with Crippen LogP contribution in [0.25, 0.3) is 10.9 Å². The summed E-state index contributed by atoms with van der Waals surface area (Å²) in [6, 6.07) is 8.25. The predicted octanol–water partition coefficient (Wildman–Crippen LogP) is 2.95. The van der Waals surface area contributed by atoms with Crippen LogP contribution in [0.5, 0.6) is 0 Å². The summed E-state index contributed by atoms with van der Waals surface area (Å²) in [6.07, 6.45) is -0.980. The third-order valence-corrected chi connectivity index (χ3v) is 7.03. The molecule has 2 aromatic rings. The van der Waals surface area contributed by atoms with E-state index in [1.807, 2.05) is 18.2 Å². The number of nitrogens with one attached hydrogen (secondary N) is 2. The summed E-state index contributed by atoms with van der Waals surface area (Å²) < 4.78 is 4.71. The molecule has 0 aliphatic carbocycles. The lowest BCUT2D eigenvalue weighted by molar-refractivity contribution is -0.144. The second kappa shape index (κ2) is 15.0. The van der Waals surface area contributed by atoms with Gasteiger partial charge in [0.05, 0.1) is 25.1 Å². The largest absolute Gasteiger partial charge is 0.480 e. The zero-order valence-electron chi connectivity index (χ0n) is 24.3. The fourth-order valence-electron chi connectivity index (χ4n) is 4.30. The van der Waals surface area contributed by atoms with Crippen LogP contribution in [0.2, 0.25) is 0 Å². The van der Waals surface area contributed by atoms with Gasteiger partial charge in [-0.1, -0.05) is 52.0 Å². The van der Waals surface area contributed by atoms with Crippen LogP contribution < -0.4 is 10.6 Å². The summed E-state index contributed by atoms with van der Waals surface area (Å²) >= 11 is 0. The van der Waals surface area contributed by atoms with E-state index < -0.39 is 59.9 Å². The first-order chi connectivity index (χ1) is 19.2. The van der Waals surface area contributed by atoms with Crippen molar-refractivity contribution in [1.82, 2.24) is 15.6 Å². The van der Waals surface area contributed by atoms with Gasteiger partial charge in [-0.15, -0.1) is 0 Å². The molecule has 2 rings (SSSR count). The SMILES string of the molecule is COC(=O)C[C@H](NC(=O)[C@@H](CC(=O)c1ccc2ccccc2n1)C(C)C)C(=O)C[C@H](C(=O)N[C@@H](C)C(=O)O)C(C)C. The first-order valence-electron chi connectivity index (χ1n) is 13.6. The number of Topliss-reactive ketones (excluding diaryl/α,β-unsaturated/α-hetero) is 2. The van der Waals surface area contributed by atoms with Crippen LogP contribution in [0.4, 0.5) is 0 Å². The number of aliphatic carboxylic acids is 1. The molecule has 0 bridgehead atoms. The number of benzene rings is 1. The highest BCUT2D eigenvalue weighted by Gasteiger charge is 2.34. The van der Waals surface area contributed by atoms with Gasteiger partial charge in [0, 0.05) is 30.1 Å². The van der Waals surface area contributed by atoms with Crippen LogP contribution in [-0.4, -0.2) is 64.6 Å². The fraction of sp³-hybridized carbons (Fsp3) is 0.500. The Morgan fingerprint density at radius 3 is 1.98 bits per heavy atom. The van der Waals surface area contributed by atoms with E-state index in [1.54, 1.807) is 45.9 Å². The number of fused-ring (bicyclic) bond motifs is 1. The van der Waals surface area contributed by atoms with Gasteiger partial charge < -0.3 is 20.5 Å². The summed E-state index contributed by atoms with van der Waals surface area (Å²) in [7, 11) is 1.15. The molecule has 11 heteroatoms. The first kappa shape index (κ1) is 33.1. The van der Waals surface area contributed by atoms with E-state index >= 15 is 0 Å². The Kier molecular flexibility index (Phi) is 12.1. The summed E-state index contributed by atoms with van der Waals surface area (Å²) in [6.45, 7) is 8.26. The number of carboxylic acids is 1. The molecule has 0 saturated carbocycles. The highest BCUT2D eigenvalue weighted by Crippen LogP contribution is 2.22. The van der Waals surface area contributed by atoms with E-state index in [2.05, 4.69) is 15.6 Å². The molecule has 0 spiro atoms. The van der Waals surface area contributed by atoms with Crippen molar-refractivity contribution in [3.05, 3.63) is 42.1 Å². The number of methoxy groups -OCH3 is 1. The van der Waals surface area contributed by atoms with Gasteiger partial charge in [-0.05, 0) is 30.9 Å². The maximum absolute atomic E-state index is 13.4. The number of pyridine rings is 1. The van der Waals surface area contributed by atoms with Crippen molar-refractivity contribution in [2.75, 3.05) is 7.11 Å². The number of hydrogen-bond donors (Lipinski definition) is 3. The molecule has 2 amide bonds. The minimum Gasteiger partial charge on any atom is -0.480 e. The van der Waals surface area contributed by atoms with Crippen LogP contribution >= 0.6 is 0 Å². The molecule has 1 aromatic carbocycles. The number of aromatic nitrogens is 1. The average Bonchev–Trinajstić information content (AvgIpc) is 2.92. The van der Waals surface area contributed by atoms with Gasteiger partial charge >= 0.3 is 11.9 Å². The zero-order chi connectivity index (χ0) is 30.9. The third-order valence-electron chi connectivity index (χ3n) is 7.03. The highest BCUT2D eigenvalue weighted by atomic mass is 16.5. The molecule has 41 heavy (non-hydrogen) atoms. The van der Waals surface area contributed by atoms with Crippen LogP contribution in [0.1, 0.15) is 64.4 Å². The summed E-state index contributed by atoms with van der Waals surface area (Å²) in [4.78, 5) is 80.3. The maximum atomic E-state index is 13.4. The summed E-state index contributed by atoms with van der Waals surface area (Å²) in [5, 5.41) is 15.0. The topological polar surface area (TPSA) is 169 Å². The van der Waals surface area contributed by atoms with Crippen molar-refractivity contribution in [3.63, 3.8) is 0 Å². The van der Waals surface area contributed by atoms with Crippen molar-refractivity contribution in [3.8, 4) is 0 Å². The lowest BCUT2D eigenvalue weighted by atomic mass is 9.86. The Morgan fingerprint density at radius 1 is 0.805 bits per heavy atom. The number of nitrogens with zero attached hydrogens (tertiary/aromatic N) is 1. The second-order valence-corrected chi connectivity index (χ2v) is 10.8. The number of para-hydroxylation sites is 1. The van der Waals surface area contributed by atoms with Gasteiger partial charge in [0.2, 0.25) is 11.8 Å². The second-order valence-electron chi connectivity index (χ2n) is 10.8. The van der Waals surface area contributed by atoms with Gasteiger partial charge in [0.25, 0.3) is 0 Å². The molecule has 0 saturated heterocycles. The smallest absolute Gasteiger partial charge is 0.325 e. The molecule has 1 aromatic heterocycles. The van der Waals surface area contributed by atoms with Crippen molar-refractivity contribution in [1.29, 1.82) is 0 Å². The number of amides is 2. The lowest BCUT2D eigenvalue weighted by Gasteiger charge is -2.26. The molecule has 4 atom stereocenters. The van der Waals surface area contributed by atoms with Gasteiger partial charge in [0.1, 0.15) is 11.7 Å². The van der Waals surface area contributed by atoms with Gasteiger partial charge in [0.15, 0.2) is 11.6 Å². The predicted molar refractivity (Wildman–Crippen MR) is 151 cm³/mol. The van der Waals surface area contributed by atoms with Crippen LogP contribution in [0, 0.1) is 23.7 Å². The number of carbonyl (C=O) groups is 6. The van der Waals surface area contributed by atoms with Crippen molar-refractivity contribution in [2.24, 2.45) is 23.7 Å². The summed E-state index contributed by atoms with van der Waals surface area (Å²) in [5.74, 6) is -6.49. The van der Waals surface area contributed by atoms with E-state index in [0.29, 0.717) is 5.52 Å². The van der Waals surface area contributed by atoms with E-state index in [9.17, 15) is 28.8 Å². The Bertz CT molecular complexity index is 1290. The van der Waals surface area contributed by atoms with Gasteiger partial charge in [-0.3, -0.25) is 28.8 Å². The van der Waals surface area contributed by atoms with Crippen molar-refractivity contribution >= 4 is 46.2 Å². The Morgan fingerprint density at radius 2 is 1.39 bits per heavy atom. The molecule has 0 unspecified atom stereocenters. The van der Waals surface area contributed by atoms with E-state index in [4.69, 9.17) is 9.84 Å². The molecule has 0 radical (unpaired) electrons.